The van der Waals surface area contributed by atoms with Crippen LogP contribution < -0.4 is 5.32 Å². The Kier molecular flexibility index (Phi) is 4.22. The van der Waals surface area contributed by atoms with Crippen LogP contribution in [0.15, 0.2) is 18.3 Å². The van der Waals surface area contributed by atoms with Gasteiger partial charge >= 0.3 is 5.97 Å². The number of nitrogens with zero attached hydrogens (tertiary/aromatic N) is 2. The lowest BCUT2D eigenvalue weighted by Crippen LogP contribution is -2.23. The first-order valence-electron chi connectivity index (χ1n) is 6.64. The highest BCUT2D eigenvalue weighted by molar-refractivity contribution is 5.92. The maximum absolute atomic E-state index is 11.8. The van der Waals surface area contributed by atoms with Gasteiger partial charge in [0.25, 0.3) is 5.91 Å². The Hall–Kier alpha value is -2.11. The number of carbonyl (C=O) groups is 2. The van der Waals surface area contributed by atoms with Gasteiger partial charge in [0.2, 0.25) is 0 Å². The molecule has 0 radical (unpaired) electrons. The third-order valence-electron chi connectivity index (χ3n) is 3.54. The predicted octanol–water partition coefficient (Wildman–Crippen LogP) is 1.45. The molecule has 1 aliphatic carbocycles. The number of carboxylic acid groups (broad SMARTS) is 1. The smallest absolute Gasteiger partial charge is 0.306 e. The Balaban J connectivity index is 2.02. The highest BCUT2D eigenvalue weighted by Crippen LogP contribution is 2.28. The number of aliphatic carboxylic acids is 1. The summed E-state index contributed by atoms with van der Waals surface area (Å²) in [5.74, 6) is -1.15. The van der Waals surface area contributed by atoms with Crippen molar-refractivity contribution in [2.24, 2.45) is 5.92 Å². The second kappa shape index (κ2) is 5.90. The Morgan fingerprint density at radius 3 is 2.75 bits per heavy atom. The summed E-state index contributed by atoms with van der Waals surface area (Å²) in [6.45, 7) is 0. The Morgan fingerprint density at radius 2 is 2.15 bits per heavy atom. The largest absolute Gasteiger partial charge is 0.481 e. The van der Waals surface area contributed by atoms with Crippen molar-refractivity contribution in [1.82, 2.24) is 9.88 Å². The summed E-state index contributed by atoms with van der Waals surface area (Å²) in [4.78, 5) is 28.3. The predicted molar refractivity (Wildman–Crippen MR) is 74.6 cm³/mol. The van der Waals surface area contributed by atoms with Crippen LogP contribution in [0.25, 0.3) is 0 Å². The lowest BCUT2D eigenvalue weighted by Gasteiger charge is -2.15. The topological polar surface area (TPSA) is 82.5 Å². The van der Waals surface area contributed by atoms with Crippen molar-refractivity contribution < 1.29 is 14.7 Å². The fraction of sp³-hybridized carbons (Fsp3) is 0.500. The lowest BCUT2D eigenvalue weighted by molar-refractivity contribution is -0.141. The van der Waals surface area contributed by atoms with Crippen LogP contribution in [0, 0.1) is 5.92 Å². The van der Waals surface area contributed by atoms with Crippen molar-refractivity contribution in [3.05, 3.63) is 24.0 Å². The van der Waals surface area contributed by atoms with Crippen LogP contribution in [-0.2, 0) is 4.79 Å². The minimum atomic E-state index is -0.729. The molecule has 6 nitrogen and oxygen atoms in total. The van der Waals surface area contributed by atoms with Crippen molar-refractivity contribution in [2.45, 2.75) is 25.3 Å². The van der Waals surface area contributed by atoms with E-state index in [0.29, 0.717) is 18.5 Å². The van der Waals surface area contributed by atoms with Crippen LogP contribution in [0.1, 0.15) is 29.8 Å². The number of hydrogen-bond acceptors (Lipinski definition) is 4. The SMILES string of the molecule is CN(C)C(=O)c1cc(NC2CCC(C(=O)O)C2)ccn1. The fourth-order valence-electron chi connectivity index (χ4n) is 2.44. The van der Waals surface area contributed by atoms with E-state index in [4.69, 9.17) is 5.11 Å². The molecule has 1 amide bonds. The first-order valence-corrected chi connectivity index (χ1v) is 6.64. The fourth-order valence-corrected chi connectivity index (χ4v) is 2.44. The second-order valence-corrected chi connectivity index (χ2v) is 5.32. The first kappa shape index (κ1) is 14.3. The molecule has 1 saturated carbocycles. The molecule has 108 valence electrons. The number of pyridine rings is 1. The van der Waals surface area contributed by atoms with Gasteiger partial charge in [-0.05, 0) is 31.4 Å². The van der Waals surface area contributed by atoms with Gasteiger partial charge in [0.05, 0.1) is 5.92 Å². The van der Waals surface area contributed by atoms with E-state index in [0.717, 1.165) is 12.1 Å². The number of rotatable bonds is 4. The summed E-state index contributed by atoms with van der Waals surface area (Å²) in [5.41, 5.74) is 1.19. The van der Waals surface area contributed by atoms with E-state index in [1.165, 1.54) is 4.90 Å². The molecule has 1 aromatic heterocycles. The third kappa shape index (κ3) is 3.26. The van der Waals surface area contributed by atoms with E-state index in [1.54, 1.807) is 32.4 Å². The van der Waals surface area contributed by atoms with Crippen LogP contribution in [0.4, 0.5) is 5.69 Å². The number of amides is 1. The maximum atomic E-state index is 11.8. The highest BCUT2D eigenvalue weighted by Gasteiger charge is 2.29. The molecule has 2 rings (SSSR count). The zero-order valence-electron chi connectivity index (χ0n) is 11.7. The number of carboxylic acids is 1. The second-order valence-electron chi connectivity index (χ2n) is 5.32. The quantitative estimate of drug-likeness (QED) is 0.870. The van der Waals surface area contributed by atoms with Crippen molar-refractivity contribution in [3.63, 3.8) is 0 Å². The molecular formula is C14H19N3O3. The minimum absolute atomic E-state index is 0.140. The van der Waals surface area contributed by atoms with Crippen LogP contribution in [0.3, 0.4) is 0 Å². The van der Waals surface area contributed by atoms with Crippen molar-refractivity contribution >= 4 is 17.6 Å². The molecule has 1 heterocycles. The van der Waals surface area contributed by atoms with E-state index in [1.807, 2.05) is 0 Å². The van der Waals surface area contributed by atoms with E-state index >= 15 is 0 Å². The average molecular weight is 277 g/mol. The van der Waals surface area contributed by atoms with Crippen LogP contribution in [0.2, 0.25) is 0 Å². The molecule has 0 aliphatic heterocycles. The van der Waals surface area contributed by atoms with Crippen molar-refractivity contribution in [2.75, 3.05) is 19.4 Å². The first-order chi connectivity index (χ1) is 9.47. The summed E-state index contributed by atoms with van der Waals surface area (Å²) in [6.07, 6.45) is 3.73. The van der Waals surface area contributed by atoms with Gasteiger partial charge in [0.15, 0.2) is 0 Å². The zero-order chi connectivity index (χ0) is 14.7. The summed E-state index contributed by atoms with van der Waals surface area (Å²) in [5, 5.41) is 12.3. The molecule has 2 atom stereocenters. The lowest BCUT2D eigenvalue weighted by atomic mass is 10.1. The molecule has 1 aromatic rings. The molecule has 20 heavy (non-hydrogen) atoms. The van der Waals surface area contributed by atoms with Gasteiger partial charge in [0, 0.05) is 32.0 Å². The van der Waals surface area contributed by atoms with E-state index in [9.17, 15) is 9.59 Å². The van der Waals surface area contributed by atoms with Gasteiger partial charge in [-0.15, -0.1) is 0 Å². The van der Waals surface area contributed by atoms with Gasteiger partial charge in [-0.3, -0.25) is 14.6 Å². The molecule has 1 aliphatic rings. The monoisotopic (exact) mass is 277 g/mol. The molecule has 2 unspecified atom stereocenters. The molecule has 2 N–H and O–H groups in total. The number of nitrogens with one attached hydrogen (secondary N) is 1. The van der Waals surface area contributed by atoms with Crippen molar-refractivity contribution in [3.8, 4) is 0 Å². The molecule has 1 fully saturated rings. The van der Waals surface area contributed by atoms with Gasteiger partial charge in [0.1, 0.15) is 5.69 Å². The van der Waals surface area contributed by atoms with Gasteiger partial charge in [-0.25, -0.2) is 0 Å². The Morgan fingerprint density at radius 1 is 1.40 bits per heavy atom. The summed E-state index contributed by atoms with van der Waals surface area (Å²) >= 11 is 0. The number of carbonyl (C=O) groups excluding carboxylic acids is 1. The Labute approximate surface area is 117 Å². The molecular weight excluding hydrogens is 258 g/mol. The summed E-state index contributed by atoms with van der Waals surface area (Å²) in [6, 6.07) is 3.64. The zero-order valence-corrected chi connectivity index (χ0v) is 11.7. The number of hydrogen-bond donors (Lipinski definition) is 2. The minimum Gasteiger partial charge on any atom is -0.481 e. The molecule has 0 spiro atoms. The molecule has 0 aromatic carbocycles. The molecule has 6 heteroatoms. The highest BCUT2D eigenvalue weighted by atomic mass is 16.4. The molecule has 0 saturated heterocycles. The van der Waals surface area contributed by atoms with Crippen LogP contribution in [0.5, 0.6) is 0 Å². The number of aromatic nitrogens is 1. The standard InChI is InChI=1S/C14H19N3O3/c1-17(2)13(18)12-8-11(5-6-15-12)16-10-4-3-9(7-10)14(19)20/h5-6,8-10H,3-4,7H2,1-2H3,(H,15,16)(H,19,20). The maximum Gasteiger partial charge on any atom is 0.306 e. The average Bonchev–Trinajstić information content (AvgIpc) is 2.86. The summed E-state index contributed by atoms with van der Waals surface area (Å²) < 4.78 is 0. The summed E-state index contributed by atoms with van der Waals surface area (Å²) in [7, 11) is 3.36. The Bertz CT molecular complexity index is 516. The van der Waals surface area contributed by atoms with Crippen molar-refractivity contribution in [1.29, 1.82) is 0 Å². The third-order valence-corrected chi connectivity index (χ3v) is 3.54. The van der Waals surface area contributed by atoms with Crippen LogP contribution >= 0.6 is 0 Å². The van der Waals surface area contributed by atoms with E-state index in [2.05, 4.69) is 10.3 Å². The van der Waals surface area contributed by atoms with E-state index < -0.39 is 5.97 Å². The van der Waals surface area contributed by atoms with Gasteiger partial charge in [-0.2, -0.15) is 0 Å². The molecule has 0 bridgehead atoms. The van der Waals surface area contributed by atoms with Gasteiger partial charge < -0.3 is 15.3 Å². The van der Waals surface area contributed by atoms with Gasteiger partial charge in [-0.1, -0.05) is 0 Å². The normalized spacial score (nSPS) is 21.5. The number of anilines is 1. The van der Waals surface area contributed by atoms with E-state index in [-0.39, 0.29) is 17.9 Å². The van der Waals surface area contributed by atoms with Crippen LogP contribution in [-0.4, -0.2) is 47.0 Å².